The van der Waals surface area contributed by atoms with Crippen LogP contribution in [0.4, 0.5) is 9.18 Å². The summed E-state index contributed by atoms with van der Waals surface area (Å²) in [6.45, 7) is 3.62. The third-order valence-corrected chi connectivity index (χ3v) is 6.71. The molecule has 0 radical (unpaired) electrons. The first-order valence-electron chi connectivity index (χ1n) is 13.7. The molecule has 5 aromatic rings. The predicted octanol–water partition coefficient (Wildman–Crippen LogP) is 5.91. The topological polar surface area (TPSA) is 108 Å². The van der Waals surface area contributed by atoms with Gasteiger partial charge in [0.2, 0.25) is 11.6 Å². The van der Waals surface area contributed by atoms with E-state index in [-0.39, 0.29) is 42.2 Å². The number of aromatic nitrogens is 3. The zero-order chi connectivity index (χ0) is 30.4. The molecule has 0 aliphatic heterocycles. The van der Waals surface area contributed by atoms with Gasteiger partial charge in [-0.1, -0.05) is 72.8 Å². The summed E-state index contributed by atoms with van der Waals surface area (Å²) in [6, 6.07) is 24.8. The molecule has 3 aromatic carbocycles. The van der Waals surface area contributed by atoms with Crippen LogP contribution in [0.1, 0.15) is 42.1 Å². The number of halogens is 1. The third-order valence-electron chi connectivity index (χ3n) is 6.71. The monoisotopic (exact) mass is 582 g/mol. The van der Waals surface area contributed by atoms with E-state index >= 15 is 0 Å². The molecule has 0 fully saturated rings. The van der Waals surface area contributed by atoms with Crippen LogP contribution >= 0.6 is 0 Å². The number of carbonyl (C=O) groups is 1. The van der Waals surface area contributed by atoms with Gasteiger partial charge in [0.05, 0.1) is 11.7 Å². The molecule has 0 bridgehead atoms. The number of amides is 1. The number of nitrogens with zero attached hydrogens (tertiary/aromatic N) is 3. The lowest BCUT2D eigenvalue weighted by molar-refractivity contribution is 0.128. The Balaban J connectivity index is 1.46. The van der Waals surface area contributed by atoms with Crippen molar-refractivity contribution in [1.82, 2.24) is 19.9 Å². The highest BCUT2D eigenvalue weighted by atomic mass is 19.1. The van der Waals surface area contributed by atoms with Crippen LogP contribution in [0, 0.1) is 5.82 Å². The number of ether oxygens (including phenoxy) is 2. The number of hydrogen-bond donors (Lipinski definition) is 1. The molecule has 10 heteroatoms. The fourth-order valence-electron chi connectivity index (χ4n) is 4.52. The van der Waals surface area contributed by atoms with Crippen molar-refractivity contribution in [2.75, 3.05) is 0 Å². The van der Waals surface area contributed by atoms with Crippen molar-refractivity contribution in [3.63, 3.8) is 0 Å². The largest absolute Gasteiger partial charge is 0.481 e. The summed E-state index contributed by atoms with van der Waals surface area (Å²) in [5.41, 5.74) is 0.976. The van der Waals surface area contributed by atoms with Crippen LogP contribution in [0.3, 0.4) is 0 Å². The fourth-order valence-corrected chi connectivity index (χ4v) is 4.52. The Bertz CT molecular complexity index is 1750. The minimum Gasteiger partial charge on any atom is -0.481 e. The van der Waals surface area contributed by atoms with E-state index in [1.165, 1.54) is 22.9 Å². The van der Waals surface area contributed by atoms with Crippen molar-refractivity contribution in [3.05, 3.63) is 136 Å². The molecule has 0 aliphatic carbocycles. The predicted molar refractivity (Wildman–Crippen MR) is 158 cm³/mol. The third kappa shape index (κ3) is 7.16. The molecular weight excluding hydrogens is 551 g/mol. The average molecular weight is 583 g/mol. The van der Waals surface area contributed by atoms with Crippen LogP contribution in [-0.2, 0) is 37.0 Å². The van der Waals surface area contributed by atoms with Gasteiger partial charge in [0.15, 0.2) is 5.69 Å². The van der Waals surface area contributed by atoms with Gasteiger partial charge < -0.3 is 19.2 Å². The van der Waals surface area contributed by atoms with Crippen LogP contribution < -0.4 is 15.6 Å². The molecule has 1 amide bonds. The number of hydrogen-bond acceptors (Lipinski definition) is 7. The minimum atomic E-state index is -1.14. The lowest BCUT2D eigenvalue weighted by Gasteiger charge is -2.27. The normalized spacial score (nSPS) is 11.3. The highest BCUT2D eigenvalue weighted by Crippen LogP contribution is 2.29. The van der Waals surface area contributed by atoms with E-state index in [1.54, 1.807) is 33.0 Å². The maximum Gasteiger partial charge on any atom is 0.408 e. The van der Waals surface area contributed by atoms with Gasteiger partial charge in [-0.05, 0) is 42.7 Å². The molecule has 43 heavy (non-hydrogen) atoms. The highest BCUT2D eigenvalue weighted by Gasteiger charge is 2.32. The molecule has 9 nitrogen and oxygen atoms in total. The van der Waals surface area contributed by atoms with Crippen LogP contribution in [-0.4, -0.2) is 20.6 Å². The minimum absolute atomic E-state index is 0.0484. The summed E-state index contributed by atoms with van der Waals surface area (Å²) >= 11 is 0. The average Bonchev–Trinajstić information content (AvgIpc) is 3.47. The van der Waals surface area contributed by atoms with E-state index in [0.717, 1.165) is 16.7 Å². The molecule has 0 aliphatic rings. The summed E-state index contributed by atoms with van der Waals surface area (Å²) in [7, 11) is 1.55. The van der Waals surface area contributed by atoms with Crippen molar-refractivity contribution >= 4 is 6.09 Å². The summed E-state index contributed by atoms with van der Waals surface area (Å²) in [5, 5.41) is 2.80. The number of rotatable bonds is 10. The molecule has 2 aromatic heterocycles. The molecule has 1 N–H and O–H groups in total. The lowest BCUT2D eigenvalue weighted by Crippen LogP contribution is -2.45. The molecule has 0 saturated carbocycles. The Morgan fingerprint density at radius 2 is 1.56 bits per heavy atom. The number of carbonyl (C=O) groups excluding carboxylic acids is 1. The van der Waals surface area contributed by atoms with Gasteiger partial charge in [-0.3, -0.25) is 9.36 Å². The van der Waals surface area contributed by atoms with Gasteiger partial charge in [-0.25, -0.2) is 19.2 Å². The molecule has 0 spiro atoms. The maximum absolute atomic E-state index is 13.7. The fraction of sp³-hybridized carbons (Fsp3) is 0.212. The number of alkyl carbamates (subject to hydrolysis) is 1. The van der Waals surface area contributed by atoms with E-state index in [9.17, 15) is 14.0 Å². The Morgan fingerprint density at radius 1 is 0.930 bits per heavy atom. The standard InChI is InChI=1S/C33H31FN4O5/c1-33(2,37-32(40)42-21-24-12-8-5-9-13-24)31-36-27(28(30(39)38(31)3)41-20-23-10-6-4-7-11-23)29-35-19-26(43-29)18-22-14-16-25(34)17-15-22/h4-17,19H,18,20-21H2,1-3H3,(H,37,40). The maximum atomic E-state index is 13.7. The second kappa shape index (κ2) is 12.7. The van der Waals surface area contributed by atoms with Crippen molar-refractivity contribution in [2.45, 2.75) is 39.0 Å². The summed E-state index contributed by atoms with van der Waals surface area (Å²) in [6.07, 6.45) is 1.21. The first-order valence-corrected chi connectivity index (χ1v) is 13.7. The van der Waals surface area contributed by atoms with E-state index in [4.69, 9.17) is 18.9 Å². The van der Waals surface area contributed by atoms with Crippen LogP contribution in [0.15, 0.2) is 100 Å². The van der Waals surface area contributed by atoms with Crippen molar-refractivity contribution in [2.24, 2.45) is 7.05 Å². The summed E-state index contributed by atoms with van der Waals surface area (Å²) in [4.78, 5) is 35.6. The molecule has 0 unspecified atom stereocenters. The first kappa shape index (κ1) is 29.2. The highest BCUT2D eigenvalue weighted by molar-refractivity contribution is 5.68. The molecule has 0 atom stereocenters. The van der Waals surface area contributed by atoms with E-state index in [0.29, 0.717) is 12.2 Å². The SMILES string of the molecule is Cn1c(C(C)(C)NC(=O)OCc2ccccc2)nc(-c2ncc(Cc3ccc(F)cc3)o2)c(OCc2ccccc2)c1=O. The molecular formula is C33H31FN4O5. The molecule has 220 valence electrons. The van der Waals surface area contributed by atoms with E-state index in [1.807, 2.05) is 60.7 Å². The molecule has 2 heterocycles. The quantitative estimate of drug-likeness (QED) is 0.218. The Hall–Kier alpha value is -5.25. The number of oxazole rings is 1. The summed E-state index contributed by atoms with van der Waals surface area (Å²) in [5.74, 6) is 0.407. The van der Waals surface area contributed by atoms with Gasteiger partial charge in [0.25, 0.3) is 5.56 Å². The Morgan fingerprint density at radius 3 is 2.21 bits per heavy atom. The number of nitrogens with one attached hydrogen (secondary N) is 1. The smallest absolute Gasteiger partial charge is 0.408 e. The zero-order valence-electron chi connectivity index (χ0n) is 24.0. The van der Waals surface area contributed by atoms with Gasteiger partial charge >= 0.3 is 6.09 Å². The van der Waals surface area contributed by atoms with E-state index in [2.05, 4.69) is 10.3 Å². The Labute approximate surface area is 248 Å². The van der Waals surface area contributed by atoms with Crippen LogP contribution in [0.5, 0.6) is 5.75 Å². The Kier molecular flexibility index (Phi) is 8.66. The van der Waals surface area contributed by atoms with Crippen molar-refractivity contribution in [3.8, 4) is 17.3 Å². The zero-order valence-corrected chi connectivity index (χ0v) is 24.0. The molecule has 5 rings (SSSR count). The molecule has 0 saturated heterocycles. The van der Waals surface area contributed by atoms with Crippen molar-refractivity contribution < 1.29 is 23.1 Å². The summed E-state index contributed by atoms with van der Waals surface area (Å²) < 4.78 is 32.1. The van der Waals surface area contributed by atoms with Crippen molar-refractivity contribution in [1.29, 1.82) is 0 Å². The lowest BCUT2D eigenvalue weighted by atomic mass is 10.0. The second-order valence-corrected chi connectivity index (χ2v) is 10.5. The van der Waals surface area contributed by atoms with Gasteiger partial charge in [-0.15, -0.1) is 0 Å². The van der Waals surface area contributed by atoms with Gasteiger partial charge in [0, 0.05) is 13.5 Å². The van der Waals surface area contributed by atoms with Crippen LogP contribution in [0.25, 0.3) is 11.6 Å². The van der Waals surface area contributed by atoms with Crippen LogP contribution in [0.2, 0.25) is 0 Å². The first-order chi connectivity index (χ1) is 20.7. The second-order valence-electron chi connectivity index (χ2n) is 10.5. The van der Waals surface area contributed by atoms with E-state index < -0.39 is 17.2 Å². The number of benzene rings is 3. The van der Waals surface area contributed by atoms with Gasteiger partial charge in [-0.2, -0.15) is 0 Å². The van der Waals surface area contributed by atoms with Gasteiger partial charge in [0.1, 0.15) is 30.6 Å².